The van der Waals surface area contributed by atoms with Crippen LogP contribution in [0, 0.1) is 5.82 Å². The highest BCUT2D eigenvalue weighted by Crippen LogP contribution is 2.14. The van der Waals surface area contributed by atoms with Gasteiger partial charge in [-0.3, -0.25) is 0 Å². The topological polar surface area (TPSA) is 49.9 Å². The molecule has 1 heterocycles. The van der Waals surface area contributed by atoms with Crippen molar-refractivity contribution in [2.45, 2.75) is 6.92 Å². The molecule has 0 bridgehead atoms. The summed E-state index contributed by atoms with van der Waals surface area (Å²) in [5.41, 5.74) is 1.44. The van der Waals surface area contributed by atoms with Gasteiger partial charge in [0.15, 0.2) is 0 Å². The number of rotatable bonds is 5. The third kappa shape index (κ3) is 2.49. The number of fused-ring (bicyclic) bond motifs is 1. The maximum Gasteiger partial charge on any atom is 0.201 e. The Labute approximate surface area is 92.8 Å². The number of halogens is 1. The van der Waals surface area contributed by atoms with E-state index in [-0.39, 0.29) is 5.82 Å². The standard InChI is InChI=1S/C11H14FN3O/c1-2-16-6-5-13-11-14-9-4-3-8(12)7-10(9)15-11/h3-4,7H,2,5-6H2,1H3,(H2,13,14,15). The third-order valence-corrected chi connectivity index (χ3v) is 2.19. The molecule has 0 amide bonds. The molecule has 0 saturated heterocycles. The van der Waals surface area contributed by atoms with Crippen molar-refractivity contribution in [3.8, 4) is 0 Å². The van der Waals surface area contributed by atoms with E-state index in [1.807, 2.05) is 6.92 Å². The Hall–Kier alpha value is -1.62. The lowest BCUT2D eigenvalue weighted by atomic mass is 10.3. The van der Waals surface area contributed by atoms with Crippen LogP contribution in [0.1, 0.15) is 6.92 Å². The molecule has 0 unspecified atom stereocenters. The lowest BCUT2D eigenvalue weighted by Gasteiger charge is -2.01. The molecule has 0 spiro atoms. The normalized spacial score (nSPS) is 10.9. The number of aromatic amines is 1. The number of H-pyrrole nitrogens is 1. The van der Waals surface area contributed by atoms with Gasteiger partial charge in [-0.1, -0.05) is 0 Å². The quantitative estimate of drug-likeness (QED) is 0.763. The largest absolute Gasteiger partial charge is 0.380 e. The van der Waals surface area contributed by atoms with E-state index in [0.29, 0.717) is 31.2 Å². The number of nitrogens with zero attached hydrogens (tertiary/aromatic N) is 1. The lowest BCUT2D eigenvalue weighted by Crippen LogP contribution is -2.09. The van der Waals surface area contributed by atoms with Crippen LogP contribution < -0.4 is 5.32 Å². The molecule has 0 fully saturated rings. The highest BCUT2D eigenvalue weighted by atomic mass is 19.1. The fraction of sp³-hybridized carbons (Fsp3) is 0.364. The van der Waals surface area contributed by atoms with Crippen LogP contribution in [0.3, 0.4) is 0 Å². The summed E-state index contributed by atoms with van der Waals surface area (Å²) in [6.07, 6.45) is 0. The molecule has 2 N–H and O–H groups in total. The minimum atomic E-state index is -0.267. The van der Waals surface area contributed by atoms with E-state index in [4.69, 9.17) is 4.74 Å². The van der Waals surface area contributed by atoms with Gasteiger partial charge >= 0.3 is 0 Å². The molecule has 0 atom stereocenters. The minimum absolute atomic E-state index is 0.267. The predicted octanol–water partition coefficient (Wildman–Crippen LogP) is 2.15. The second-order valence-corrected chi connectivity index (χ2v) is 3.37. The van der Waals surface area contributed by atoms with Crippen LogP contribution in [0.2, 0.25) is 0 Å². The van der Waals surface area contributed by atoms with Crippen molar-refractivity contribution in [1.29, 1.82) is 0 Å². The number of benzene rings is 1. The Morgan fingerprint density at radius 1 is 1.50 bits per heavy atom. The Morgan fingerprint density at radius 2 is 2.38 bits per heavy atom. The van der Waals surface area contributed by atoms with Gasteiger partial charge in [-0.15, -0.1) is 0 Å². The van der Waals surface area contributed by atoms with E-state index in [1.165, 1.54) is 12.1 Å². The molecule has 2 rings (SSSR count). The predicted molar refractivity (Wildman–Crippen MR) is 61.0 cm³/mol. The van der Waals surface area contributed by atoms with Crippen molar-refractivity contribution in [3.05, 3.63) is 24.0 Å². The van der Waals surface area contributed by atoms with E-state index in [0.717, 1.165) is 5.52 Å². The summed E-state index contributed by atoms with van der Waals surface area (Å²) in [5, 5.41) is 3.07. The molecule has 5 heteroatoms. The summed E-state index contributed by atoms with van der Waals surface area (Å²) in [6, 6.07) is 4.47. The van der Waals surface area contributed by atoms with Gasteiger partial charge in [-0.05, 0) is 25.1 Å². The zero-order chi connectivity index (χ0) is 11.4. The van der Waals surface area contributed by atoms with Gasteiger partial charge in [-0.2, -0.15) is 0 Å². The van der Waals surface area contributed by atoms with Gasteiger partial charge in [0, 0.05) is 13.2 Å². The Kier molecular flexibility index (Phi) is 3.36. The Bertz CT molecular complexity index is 469. The molecule has 16 heavy (non-hydrogen) atoms. The smallest absolute Gasteiger partial charge is 0.201 e. The summed E-state index contributed by atoms with van der Waals surface area (Å²) in [5.74, 6) is 0.373. The van der Waals surface area contributed by atoms with Crippen molar-refractivity contribution in [1.82, 2.24) is 9.97 Å². The van der Waals surface area contributed by atoms with E-state index in [2.05, 4.69) is 15.3 Å². The van der Waals surface area contributed by atoms with Crippen LogP contribution in [0.15, 0.2) is 18.2 Å². The average molecular weight is 223 g/mol. The maximum atomic E-state index is 12.9. The molecule has 0 saturated carbocycles. The zero-order valence-electron chi connectivity index (χ0n) is 9.09. The number of nitrogens with one attached hydrogen (secondary N) is 2. The van der Waals surface area contributed by atoms with Crippen LogP contribution in [0.25, 0.3) is 11.0 Å². The van der Waals surface area contributed by atoms with Gasteiger partial charge < -0.3 is 15.0 Å². The van der Waals surface area contributed by atoms with Crippen LogP contribution in [0.5, 0.6) is 0 Å². The number of anilines is 1. The van der Waals surface area contributed by atoms with E-state index in [1.54, 1.807) is 6.07 Å². The van der Waals surface area contributed by atoms with Crippen molar-refractivity contribution < 1.29 is 9.13 Å². The monoisotopic (exact) mass is 223 g/mol. The number of hydrogen-bond donors (Lipinski definition) is 2. The number of hydrogen-bond acceptors (Lipinski definition) is 3. The van der Waals surface area contributed by atoms with Crippen molar-refractivity contribution in [2.75, 3.05) is 25.1 Å². The summed E-state index contributed by atoms with van der Waals surface area (Å²) >= 11 is 0. The maximum absolute atomic E-state index is 12.9. The zero-order valence-corrected chi connectivity index (χ0v) is 9.09. The Balaban J connectivity index is 2.02. The molecule has 0 radical (unpaired) electrons. The van der Waals surface area contributed by atoms with E-state index in [9.17, 15) is 4.39 Å². The Morgan fingerprint density at radius 3 is 3.19 bits per heavy atom. The van der Waals surface area contributed by atoms with Crippen LogP contribution in [-0.2, 0) is 4.74 Å². The summed E-state index contributed by atoms with van der Waals surface area (Å²) in [6.45, 7) is 3.95. The lowest BCUT2D eigenvalue weighted by molar-refractivity contribution is 0.158. The molecule has 1 aromatic carbocycles. The first-order valence-electron chi connectivity index (χ1n) is 5.26. The van der Waals surface area contributed by atoms with Gasteiger partial charge in [0.05, 0.1) is 17.6 Å². The van der Waals surface area contributed by atoms with Gasteiger partial charge in [0.2, 0.25) is 5.95 Å². The molecule has 1 aromatic heterocycles. The van der Waals surface area contributed by atoms with Gasteiger partial charge in [0.25, 0.3) is 0 Å². The molecule has 86 valence electrons. The van der Waals surface area contributed by atoms with Crippen molar-refractivity contribution in [3.63, 3.8) is 0 Å². The first kappa shape index (κ1) is 10.9. The second-order valence-electron chi connectivity index (χ2n) is 3.37. The van der Waals surface area contributed by atoms with Crippen molar-refractivity contribution >= 4 is 17.0 Å². The van der Waals surface area contributed by atoms with E-state index < -0.39 is 0 Å². The highest BCUT2D eigenvalue weighted by molar-refractivity contribution is 5.77. The summed E-state index contributed by atoms with van der Waals surface area (Å²) in [7, 11) is 0. The first-order valence-corrected chi connectivity index (χ1v) is 5.26. The number of imidazole rings is 1. The molecule has 4 nitrogen and oxygen atoms in total. The first-order chi connectivity index (χ1) is 7.79. The van der Waals surface area contributed by atoms with Crippen molar-refractivity contribution in [2.24, 2.45) is 0 Å². The average Bonchev–Trinajstić information content (AvgIpc) is 2.66. The van der Waals surface area contributed by atoms with Gasteiger partial charge in [-0.25, -0.2) is 9.37 Å². The SMILES string of the molecule is CCOCCNc1nc2ccc(F)cc2[nH]1. The van der Waals surface area contributed by atoms with Crippen LogP contribution in [-0.4, -0.2) is 29.7 Å². The van der Waals surface area contributed by atoms with E-state index >= 15 is 0 Å². The molecule has 0 aliphatic heterocycles. The number of aromatic nitrogens is 2. The molecule has 2 aromatic rings. The third-order valence-electron chi connectivity index (χ3n) is 2.19. The molecular formula is C11H14FN3O. The molecule has 0 aliphatic carbocycles. The summed E-state index contributed by atoms with van der Waals surface area (Å²) < 4.78 is 18.1. The minimum Gasteiger partial charge on any atom is -0.380 e. The highest BCUT2D eigenvalue weighted by Gasteiger charge is 2.02. The second kappa shape index (κ2) is 4.94. The molecule has 0 aliphatic rings. The number of ether oxygens (including phenoxy) is 1. The van der Waals surface area contributed by atoms with Crippen LogP contribution in [0.4, 0.5) is 10.3 Å². The van der Waals surface area contributed by atoms with Crippen LogP contribution >= 0.6 is 0 Å². The fourth-order valence-electron chi connectivity index (χ4n) is 1.45. The fourth-order valence-corrected chi connectivity index (χ4v) is 1.45. The van der Waals surface area contributed by atoms with Gasteiger partial charge in [0.1, 0.15) is 5.82 Å². The summed E-state index contributed by atoms with van der Waals surface area (Å²) in [4.78, 5) is 7.26. The molecular weight excluding hydrogens is 209 g/mol.